The van der Waals surface area contributed by atoms with E-state index in [1.807, 2.05) is 0 Å². The molecular weight excluding hydrogens is 328 g/mol. The van der Waals surface area contributed by atoms with Gasteiger partial charge in [-0.15, -0.1) is 0 Å². The number of H-pyrrole nitrogens is 1. The molecule has 2 fully saturated rings. The van der Waals surface area contributed by atoms with Gasteiger partial charge in [-0.25, -0.2) is 9.59 Å². The second kappa shape index (κ2) is 5.91. The quantitative estimate of drug-likeness (QED) is 0.536. The fourth-order valence-electron chi connectivity index (χ4n) is 3.08. The summed E-state index contributed by atoms with van der Waals surface area (Å²) in [5, 5.41) is 5.22. The summed E-state index contributed by atoms with van der Waals surface area (Å²) in [6.07, 6.45) is 1.77. The van der Waals surface area contributed by atoms with Crippen LogP contribution in [0, 0.1) is 12.8 Å². The van der Waals surface area contributed by atoms with Crippen LogP contribution in [-0.4, -0.2) is 52.9 Å². The first-order chi connectivity index (χ1) is 11.8. The van der Waals surface area contributed by atoms with Crippen molar-refractivity contribution in [2.45, 2.75) is 32.2 Å². The fraction of sp³-hybridized carbons (Fsp3) is 0.500. The molecule has 0 bridgehead atoms. The predicted molar refractivity (Wildman–Crippen MR) is 86.9 cm³/mol. The number of carbonyl (C=O) groups excluding carboxylic acids is 4. The van der Waals surface area contributed by atoms with Crippen molar-refractivity contribution in [3.63, 3.8) is 0 Å². The number of anilines is 1. The first-order valence-corrected chi connectivity index (χ1v) is 7.98. The van der Waals surface area contributed by atoms with Gasteiger partial charge < -0.3 is 20.4 Å². The molecule has 0 aromatic carbocycles. The normalized spacial score (nSPS) is 22.8. The van der Waals surface area contributed by atoms with Crippen LogP contribution in [0.25, 0.3) is 0 Å². The average molecular weight is 348 g/mol. The number of esters is 1. The van der Waals surface area contributed by atoms with E-state index >= 15 is 0 Å². The highest BCUT2D eigenvalue weighted by molar-refractivity contribution is 6.10. The smallest absolute Gasteiger partial charge is 0.356 e. The van der Waals surface area contributed by atoms with Crippen molar-refractivity contribution in [3.05, 3.63) is 17.5 Å². The third kappa shape index (κ3) is 2.97. The molecule has 134 valence electrons. The minimum atomic E-state index is -0.931. The van der Waals surface area contributed by atoms with Gasteiger partial charge in [0.25, 0.3) is 5.91 Å². The van der Waals surface area contributed by atoms with Gasteiger partial charge in [0, 0.05) is 5.69 Å². The molecule has 1 saturated heterocycles. The number of aryl methyl sites for hydroxylation is 1. The molecule has 0 spiro atoms. The van der Waals surface area contributed by atoms with Crippen molar-refractivity contribution in [1.29, 1.82) is 0 Å². The van der Waals surface area contributed by atoms with Crippen molar-refractivity contribution < 1.29 is 23.9 Å². The van der Waals surface area contributed by atoms with Gasteiger partial charge in [0.05, 0.1) is 12.8 Å². The van der Waals surface area contributed by atoms with E-state index in [2.05, 4.69) is 20.4 Å². The highest BCUT2D eigenvalue weighted by atomic mass is 16.5. The zero-order valence-corrected chi connectivity index (χ0v) is 14.3. The molecule has 2 heterocycles. The van der Waals surface area contributed by atoms with Crippen LogP contribution in [0.4, 0.5) is 10.5 Å². The van der Waals surface area contributed by atoms with E-state index in [4.69, 9.17) is 0 Å². The Kier molecular flexibility index (Phi) is 4.02. The van der Waals surface area contributed by atoms with Crippen molar-refractivity contribution in [2.75, 3.05) is 19.0 Å². The number of aromatic nitrogens is 1. The molecule has 3 rings (SSSR count). The van der Waals surface area contributed by atoms with Crippen LogP contribution in [0.1, 0.15) is 35.9 Å². The zero-order valence-electron chi connectivity index (χ0n) is 14.3. The molecule has 2 aliphatic rings. The maximum absolute atomic E-state index is 12.5. The number of aromatic amines is 1. The Morgan fingerprint density at radius 2 is 2.08 bits per heavy atom. The highest BCUT2D eigenvalue weighted by Crippen LogP contribution is 2.42. The van der Waals surface area contributed by atoms with Gasteiger partial charge in [-0.2, -0.15) is 0 Å². The van der Waals surface area contributed by atoms with Crippen LogP contribution < -0.4 is 10.6 Å². The topological polar surface area (TPSA) is 121 Å². The minimum absolute atomic E-state index is 0.105. The number of imide groups is 1. The van der Waals surface area contributed by atoms with Crippen molar-refractivity contribution in [3.8, 4) is 0 Å². The lowest BCUT2D eigenvalue weighted by Crippen LogP contribution is -2.46. The molecule has 1 aromatic heterocycles. The molecule has 1 atom stereocenters. The Morgan fingerprint density at radius 3 is 2.68 bits per heavy atom. The van der Waals surface area contributed by atoms with Gasteiger partial charge in [-0.3, -0.25) is 14.5 Å². The number of methoxy groups -OCH3 is 1. The summed E-state index contributed by atoms with van der Waals surface area (Å²) in [5.74, 6) is -1.48. The largest absolute Gasteiger partial charge is 0.464 e. The Labute approximate surface area is 144 Å². The summed E-state index contributed by atoms with van der Waals surface area (Å²) in [4.78, 5) is 52.3. The maximum Gasteiger partial charge on any atom is 0.356 e. The Morgan fingerprint density at radius 1 is 1.40 bits per heavy atom. The predicted octanol–water partition coefficient (Wildman–Crippen LogP) is 0.769. The van der Waals surface area contributed by atoms with Crippen LogP contribution in [0.3, 0.4) is 0 Å². The van der Waals surface area contributed by atoms with Crippen molar-refractivity contribution in [1.82, 2.24) is 15.2 Å². The Balaban J connectivity index is 1.70. The molecule has 3 N–H and O–H groups in total. The Hall–Kier alpha value is -2.84. The maximum atomic E-state index is 12.5. The van der Waals surface area contributed by atoms with Gasteiger partial charge in [0.1, 0.15) is 17.8 Å². The monoisotopic (exact) mass is 348 g/mol. The van der Waals surface area contributed by atoms with Crippen LogP contribution >= 0.6 is 0 Å². The molecule has 9 heteroatoms. The zero-order chi connectivity index (χ0) is 18.4. The molecule has 25 heavy (non-hydrogen) atoms. The number of carbonyl (C=O) groups is 4. The average Bonchev–Trinajstić information content (AvgIpc) is 3.31. The van der Waals surface area contributed by atoms with Crippen LogP contribution in [0.5, 0.6) is 0 Å². The lowest BCUT2D eigenvalue weighted by atomic mass is 9.96. The van der Waals surface area contributed by atoms with Crippen molar-refractivity contribution in [2.24, 2.45) is 5.92 Å². The molecule has 0 unspecified atom stereocenters. The first kappa shape index (κ1) is 17.0. The summed E-state index contributed by atoms with van der Waals surface area (Å²) in [7, 11) is 1.23. The van der Waals surface area contributed by atoms with E-state index in [9.17, 15) is 19.2 Å². The summed E-state index contributed by atoms with van der Waals surface area (Å²) >= 11 is 0. The summed E-state index contributed by atoms with van der Waals surface area (Å²) in [6.45, 7) is 2.99. The molecule has 0 radical (unpaired) electrons. The number of nitrogens with zero attached hydrogens (tertiary/aromatic N) is 1. The summed E-state index contributed by atoms with van der Waals surface area (Å²) in [5.41, 5.74) is 0.0749. The van der Waals surface area contributed by atoms with Crippen molar-refractivity contribution >= 4 is 29.5 Å². The molecular formula is C16H20N4O5. The SMILES string of the molecule is COC(=O)c1[nH]c(C)cc1NC(=O)CN1C(=O)N[C@@](C)(C2CC2)C1=O. The van der Waals surface area contributed by atoms with E-state index in [0.717, 1.165) is 17.7 Å². The van der Waals surface area contributed by atoms with Crippen LogP contribution in [0.2, 0.25) is 0 Å². The highest BCUT2D eigenvalue weighted by Gasteiger charge is 2.56. The van der Waals surface area contributed by atoms with E-state index in [1.165, 1.54) is 7.11 Å². The van der Waals surface area contributed by atoms with E-state index in [0.29, 0.717) is 5.69 Å². The van der Waals surface area contributed by atoms with Gasteiger partial charge in [0.2, 0.25) is 5.91 Å². The van der Waals surface area contributed by atoms with Gasteiger partial charge in [0.15, 0.2) is 0 Å². The summed E-state index contributed by atoms with van der Waals surface area (Å²) in [6, 6.07) is 0.998. The molecule has 1 aromatic rings. The minimum Gasteiger partial charge on any atom is -0.464 e. The number of rotatable bonds is 5. The molecule has 1 saturated carbocycles. The molecule has 9 nitrogen and oxygen atoms in total. The number of urea groups is 1. The first-order valence-electron chi connectivity index (χ1n) is 7.98. The van der Waals surface area contributed by atoms with Gasteiger partial charge in [-0.1, -0.05) is 0 Å². The van der Waals surface area contributed by atoms with E-state index in [1.54, 1.807) is 19.9 Å². The van der Waals surface area contributed by atoms with Gasteiger partial charge in [-0.05, 0) is 38.7 Å². The van der Waals surface area contributed by atoms with Crippen LogP contribution in [0.15, 0.2) is 6.07 Å². The summed E-state index contributed by atoms with van der Waals surface area (Å²) < 4.78 is 4.65. The third-order valence-corrected chi connectivity index (χ3v) is 4.61. The number of nitrogens with one attached hydrogen (secondary N) is 3. The molecule has 4 amide bonds. The second-order valence-electron chi connectivity index (χ2n) is 6.58. The number of hydrogen-bond acceptors (Lipinski definition) is 5. The lowest BCUT2D eigenvalue weighted by molar-refractivity contribution is -0.134. The van der Waals surface area contributed by atoms with E-state index < -0.39 is 35.9 Å². The standard InChI is InChI=1S/C16H20N4O5/c1-8-6-10(12(17-8)13(22)25-3)18-11(21)7-20-14(23)16(2,9-4-5-9)19-15(20)24/h6,9,17H,4-5,7H2,1-3H3,(H,18,21)(H,19,24)/t16-/m0/s1. The number of ether oxygens (including phenoxy) is 1. The number of hydrogen-bond donors (Lipinski definition) is 3. The molecule has 1 aliphatic heterocycles. The number of amides is 4. The fourth-order valence-corrected chi connectivity index (χ4v) is 3.08. The van der Waals surface area contributed by atoms with Gasteiger partial charge >= 0.3 is 12.0 Å². The third-order valence-electron chi connectivity index (χ3n) is 4.61. The lowest BCUT2D eigenvalue weighted by Gasteiger charge is -2.20. The second-order valence-corrected chi connectivity index (χ2v) is 6.58. The van der Waals surface area contributed by atoms with E-state index in [-0.39, 0.29) is 17.3 Å². The molecule has 1 aliphatic carbocycles. The van der Waals surface area contributed by atoms with Crippen LogP contribution in [-0.2, 0) is 14.3 Å². The Bertz CT molecular complexity index is 767.